The number of carbonyl (C=O) groups is 4. The molecule has 0 spiro atoms. The summed E-state index contributed by atoms with van der Waals surface area (Å²) in [6.45, 7) is 0. The zero-order chi connectivity index (χ0) is 29.0. The third-order valence-corrected chi connectivity index (χ3v) is 27.4. The van der Waals surface area contributed by atoms with Gasteiger partial charge in [0.25, 0.3) is 0 Å². The summed E-state index contributed by atoms with van der Waals surface area (Å²) in [5.41, 5.74) is 0. The Hall–Kier alpha value is -0.255. The molecular formula is C36H51Cr2O4. The van der Waals surface area contributed by atoms with E-state index >= 15 is 0 Å². The van der Waals surface area contributed by atoms with Crippen LogP contribution in [0.25, 0.3) is 0 Å². The molecule has 0 amide bonds. The van der Waals surface area contributed by atoms with Crippen LogP contribution < -0.4 is 0 Å². The van der Waals surface area contributed by atoms with Crippen molar-refractivity contribution in [3.05, 3.63) is 0 Å². The Kier molecular flexibility index (Phi) is 7.03. The van der Waals surface area contributed by atoms with Gasteiger partial charge in [0.1, 0.15) is 0 Å². The topological polar surface area (TPSA) is 68.3 Å². The van der Waals surface area contributed by atoms with Crippen molar-refractivity contribution < 1.29 is 48.5 Å². The van der Waals surface area contributed by atoms with Gasteiger partial charge < -0.3 is 0 Å². The minimum atomic E-state index is -1.78. The average molecular weight is 652 g/mol. The van der Waals surface area contributed by atoms with Gasteiger partial charge in [-0.25, -0.2) is 0 Å². The van der Waals surface area contributed by atoms with E-state index in [0.29, 0.717) is 12.8 Å². The van der Waals surface area contributed by atoms with Crippen molar-refractivity contribution in [3.8, 4) is 0 Å². The first kappa shape index (κ1) is 29.2. The summed E-state index contributed by atoms with van der Waals surface area (Å²) < 4.78 is 2.78. The van der Waals surface area contributed by atoms with Gasteiger partial charge in [-0.15, -0.1) is 0 Å². The zero-order valence-electron chi connectivity index (χ0n) is 25.6. The molecular weight excluding hydrogens is 600 g/mol. The van der Waals surface area contributed by atoms with Crippen LogP contribution in [0.1, 0.15) is 148 Å². The minimum absolute atomic E-state index is 0.323. The van der Waals surface area contributed by atoms with Crippen molar-refractivity contribution in [3.63, 3.8) is 0 Å². The first-order valence-corrected chi connectivity index (χ1v) is 21.0. The van der Waals surface area contributed by atoms with Crippen molar-refractivity contribution in [1.29, 1.82) is 0 Å². The molecule has 0 aliphatic heterocycles. The summed E-state index contributed by atoms with van der Waals surface area (Å²) in [5, 5.41) is 0. The summed E-state index contributed by atoms with van der Waals surface area (Å²) >= 11 is 0.108. The molecule has 9 aliphatic carbocycles. The van der Waals surface area contributed by atoms with Gasteiger partial charge in [0.15, 0.2) is 0 Å². The average Bonchev–Trinajstić information content (AvgIpc) is 3.82. The predicted molar refractivity (Wildman–Crippen MR) is 154 cm³/mol. The van der Waals surface area contributed by atoms with Crippen LogP contribution in [-0.2, 0) is 48.5 Å². The maximum atomic E-state index is 11.1. The van der Waals surface area contributed by atoms with E-state index in [-0.39, 0.29) is 5.92 Å². The third kappa shape index (κ3) is 3.77. The van der Waals surface area contributed by atoms with E-state index in [1.165, 1.54) is 23.7 Å². The van der Waals surface area contributed by atoms with Gasteiger partial charge >= 0.3 is 265 Å². The number of fused-ring (bicyclic) bond motifs is 8. The molecule has 0 aromatic carbocycles. The van der Waals surface area contributed by atoms with Gasteiger partial charge in [-0.2, -0.15) is 0 Å². The monoisotopic (exact) mass is 651 g/mol. The van der Waals surface area contributed by atoms with Crippen LogP contribution in [0.4, 0.5) is 0 Å². The van der Waals surface area contributed by atoms with Crippen molar-refractivity contribution in [2.75, 3.05) is 0 Å². The number of rotatable bonds is 8. The van der Waals surface area contributed by atoms with Crippen LogP contribution in [0.5, 0.6) is 0 Å². The van der Waals surface area contributed by atoms with Gasteiger partial charge in [-0.1, -0.05) is 0 Å². The Bertz CT molecular complexity index is 1040. The number of hydrogen-bond acceptors (Lipinski definition) is 4. The molecule has 6 heteroatoms. The van der Waals surface area contributed by atoms with E-state index < -0.39 is 35.1 Å². The SMILES string of the molecule is C1C[C]2([Cr]([C]34CCC(CC3)C4)([C]34CCC(CC3)C4)[C]34CCC(CC3)C4)CCC1C2.O=[C]([Cr])C(=O)C(=O)C(=O)C1CCC1. The van der Waals surface area contributed by atoms with Crippen LogP contribution in [-0.4, -0.2) is 22.0 Å². The maximum absolute atomic E-state index is 11.1. The summed E-state index contributed by atoms with van der Waals surface area (Å²) in [6.07, 6.45) is 36.5. The fourth-order valence-corrected chi connectivity index (χ4v) is 31.2. The van der Waals surface area contributed by atoms with E-state index in [1.54, 1.807) is 128 Å². The molecule has 0 aromatic heterocycles. The van der Waals surface area contributed by atoms with Crippen LogP contribution in [0.3, 0.4) is 0 Å². The molecule has 9 saturated carbocycles. The third-order valence-electron chi connectivity index (χ3n) is 15.4. The van der Waals surface area contributed by atoms with E-state index in [1.807, 2.05) is 16.3 Å². The first-order chi connectivity index (χ1) is 20.2. The molecule has 231 valence electrons. The molecule has 0 radical (unpaired) electrons. The van der Waals surface area contributed by atoms with Gasteiger partial charge in [0, 0.05) is 0 Å². The normalized spacial score (nSPS) is 48.0. The summed E-state index contributed by atoms with van der Waals surface area (Å²) in [4.78, 5) is 43.3. The second-order valence-electron chi connectivity index (χ2n) is 16.9. The zero-order valence-corrected chi connectivity index (χ0v) is 28.1. The molecule has 0 saturated heterocycles. The van der Waals surface area contributed by atoms with Crippen LogP contribution in [0.15, 0.2) is 0 Å². The van der Waals surface area contributed by atoms with Crippen molar-refractivity contribution >= 4 is 22.0 Å². The Morgan fingerprint density at radius 1 is 0.476 bits per heavy atom. The number of carbonyl (C=O) groups excluding carboxylic acids is 4. The molecule has 9 aliphatic rings. The number of ketones is 3. The van der Waals surface area contributed by atoms with E-state index in [9.17, 15) is 19.2 Å². The van der Waals surface area contributed by atoms with Gasteiger partial charge in [0.05, 0.1) is 0 Å². The second kappa shape index (κ2) is 10.1. The number of hydrogen-bond donors (Lipinski definition) is 0. The van der Waals surface area contributed by atoms with Crippen molar-refractivity contribution in [2.45, 2.75) is 165 Å². The molecule has 9 fully saturated rings. The van der Waals surface area contributed by atoms with E-state index in [2.05, 4.69) is 0 Å². The van der Waals surface area contributed by atoms with E-state index in [0.717, 1.165) is 23.5 Å². The van der Waals surface area contributed by atoms with Gasteiger partial charge in [0.2, 0.25) is 0 Å². The van der Waals surface area contributed by atoms with Crippen LogP contribution in [0.2, 0.25) is 17.1 Å². The number of Topliss-reactive ketones (excluding diaryl/α,β-unsaturated/α-hetero) is 3. The van der Waals surface area contributed by atoms with Crippen LogP contribution >= 0.6 is 0 Å². The van der Waals surface area contributed by atoms with E-state index in [4.69, 9.17) is 0 Å². The Morgan fingerprint density at radius 3 is 0.976 bits per heavy atom. The summed E-state index contributed by atoms with van der Waals surface area (Å²) in [7, 11) is 0. The van der Waals surface area contributed by atoms with Crippen LogP contribution in [0, 0.1) is 29.6 Å². The molecule has 0 aromatic rings. The fraction of sp³-hybridized carbons (Fsp3) is 0.889. The van der Waals surface area contributed by atoms with Crippen molar-refractivity contribution in [1.82, 2.24) is 0 Å². The predicted octanol–water partition coefficient (Wildman–Crippen LogP) is 8.72. The molecule has 8 bridgehead atoms. The second-order valence-corrected chi connectivity index (χ2v) is 24.8. The Balaban J connectivity index is 0.000000175. The molecule has 0 N–H and O–H groups in total. The first-order valence-electron chi connectivity index (χ1n) is 17.8. The Labute approximate surface area is 263 Å². The molecule has 0 unspecified atom stereocenters. The molecule has 42 heavy (non-hydrogen) atoms. The standard InChI is InChI=1S/C8H7O4.4C7H11.2Cr/c9-4-6(10)8(12)7(11)5-2-1-3-5;4*1-2-7-4-3-6(1)5-7;;/h5H,1-3H2;4*6H,1-5H2;;. The van der Waals surface area contributed by atoms with Crippen molar-refractivity contribution in [2.24, 2.45) is 29.6 Å². The summed E-state index contributed by atoms with van der Waals surface area (Å²) in [5.74, 6) is 1.25. The molecule has 0 atom stereocenters. The molecule has 4 nitrogen and oxygen atoms in total. The van der Waals surface area contributed by atoms with Gasteiger partial charge in [-0.05, 0) is 0 Å². The fourth-order valence-electron chi connectivity index (χ4n) is 14.1. The summed E-state index contributed by atoms with van der Waals surface area (Å²) in [6, 6.07) is 0. The quantitative estimate of drug-likeness (QED) is 0.195. The van der Waals surface area contributed by atoms with Gasteiger partial charge in [-0.3, -0.25) is 0 Å². The Morgan fingerprint density at radius 2 is 0.786 bits per heavy atom. The molecule has 9 rings (SSSR count). The molecule has 0 heterocycles.